The molecule has 0 spiro atoms. The molecule has 138 valence electrons. The van der Waals surface area contributed by atoms with Crippen LogP contribution in [0.5, 0.6) is 5.75 Å². The average molecular weight is 399 g/mol. The summed E-state index contributed by atoms with van der Waals surface area (Å²) in [6.07, 6.45) is 3.26. The molecular formula is C21H19ClN2O2S. The van der Waals surface area contributed by atoms with Crippen molar-refractivity contribution in [2.45, 2.75) is 20.1 Å². The van der Waals surface area contributed by atoms with Gasteiger partial charge in [0.25, 0.3) is 0 Å². The molecule has 0 fully saturated rings. The molecule has 0 aliphatic rings. The van der Waals surface area contributed by atoms with E-state index < -0.39 is 0 Å². The van der Waals surface area contributed by atoms with Crippen LogP contribution in [-0.2, 0) is 17.9 Å². The molecule has 0 bridgehead atoms. The molecule has 1 amide bonds. The van der Waals surface area contributed by atoms with Crippen LogP contribution in [-0.4, -0.2) is 10.9 Å². The topological polar surface area (TPSA) is 51.2 Å². The number of benzene rings is 2. The van der Waals surface area contributed by atoms with Crippen molar-refractivity contribution in [2.24, 2.45) is 0 Å². The van der Waals surface area contributed by atoms with Crippen molar-refractivity contribution in [1.82, 2.24) is 10.3 Å². The molecule has 0 saturated carbocycles. The molecule has 0 unspecified atom stereocenters. The Hall–Kier alpha value is -2.63. The zero-order valence-electron chi connectivity index (χ0n) is 14.8. The highest BCUT2D eigenvalue weighted by Crippen LogP contribution is 2.17. The van der Waals surface area contributed by atoms with Crippen molar-refractivity contribution >= 4 is 34.9 Å². The van der Waals surface area contributed by atoms with E-state index >= 15 is 0 Å². The first kappa shape index (κ1) is 19.1. The van der Waals surface area contributed by atoms with Crippen molar-refractivity contribution in [3.8, 4) is 5.75 Å². The molecule has 0 radical (unpaired) electrons. The lowest BCUT2D eigenvalue weighted by Crippen LogP contribution is -2.20. The van der Waals surface area contributed by atoms with Crippen LogP contribution in [0.1, 0.15) is 21.8 Å². The van der Waals surface area contributed by atoms with E-state index in [4.69, 9.17) is 16.3 Å². The molecule has 1 aromatic heterocycles. The summed E-state index contributed by atoms with van der Waals surface area (Å²) in [5, 5.41) is 6.50. The van der Waals surface area contributed by atoms with Gasteiger partial charge in [-0.2, -0.15) is 0 Å². The summed E-state index contributed by atoms with van der Waals surface area (Å²) in [5.74, 6) is 0.571. The molecule has 1 heterocycles. The van der Waals surface area contributed by atoms with E-state index in [0.717, 1.165) is 27.6 Å². The van der Waals surface area contributed by atoms with Gasteiger partial charge in [-0.05, 0) is 48.4 Å². The monoisotopic (exact) mass is 398 g/mol. The Bertz CT molecular complexity index is 953. The molecule has 4 nitrogen and oxygen atoms in total. The molecule has 6 heteroatoms. The van der Waals surface area contributed by atoms with E-state index in [2.05, 4.69) is 10.3 Å². The Balaban J connectivity index is 1.52. The summed E-state index contributed by atoms with van der Waals surface area (Å²) < 4.78 is 5.77. The van der Waals surface area contributed by atoms with Crippen LogP contribution in [0, 0.1) is 6.92 Å². The SMILES string of the molecule is Cc1nc(COc2cccc(/C=C/C(=O)NCc3cccc(Cl)c3)c2)cs1. The molecule has 0 atom stereocenters. The minimum absolute atomic E-state index is 0.167. The van der Waals surface area contributed by atoms with Gasteiger partial charge >= 0.3 is 0 Å². The summed E-state index contributed by atoms with van der Waals surface area (Å²) in [7, 11) is 0. The number of hydrogen-bond acceptors (Lipinski definition) is 4. The minimum atomic E-state index is -0.167. The van der Waals surface area contributed by atoms with Gasteiger partial charge in [-0.15, -0.1) is 11.3 Å². The lowest BCUT2D eigenvalue weighted by atomic mass is 10.2. The fourth-order valence-corrected chi connectivity index (χ4v) is 3.22. The molecule has 27 heavy (non-hydrogen) atoms. The van der Waals surface area contributed by atoms with Crippen molar-refractivity contribution in [2.75, 3.05) is 0 Å². The molecule has 2 aromatic carbocycles. The summed E-state index contributed by atoms with van der Waals surface area (Å²) in [6.45, 7) is 2.83. The number of amides is 1. The fourth-order valence-electron chi connectivity index (χ4n) is 2.41. The van der Waals surface area contributed by atoms with Gasteiger partial charge in [0.1, 0.15) is 12.4 Å². The number of halogens is 1. The van der Waals surface area contributed by atoms with E-state index in [1.54, 1.807) is 23.5 Å². The van der Waals surface area contributed by atoms with Crippen LogP contribution in [0.3, 0.4) is 0 Å². The Morgan fingerprint density at radius 3 is 2.89 bits per heavy atom. The van der Waals surface area contributed by atoms with Gasteiger partial charge in [0, 0.05) is 23.0 Å². The molecule has 0 saturated heterocycles. The van der Waals surface area contributed by atoms with E-state index in [-0.39, 0.29) is 5.91 Å². The number of aryl methyl sites for hydroxylation is 1. The largest absolute Gasteiger partial charge is 0.487 e. The number of hydrogen-bond donors (Lipinski definition) is 1. The lowest BCUT2D eigenvalue weighted by Gasteiger charge is -2.05. The Labute approximate surface area is 167 Å². The van der Waals surface area contributed by atoms with Crippen LogP contribution in [0.15, 0.2) is 60.0 Å². The first-order valence-corrected chi connectivity index (χ1v) is 9.68. The number of carbonyl (C=O) groups is 1. The first-order valence-electron chi connectivity index (χ1n) is 8.43. The number of aromatic nitrogens is 1. The number of nitrogens with zero attached hydrogens (tertiary/aromatic N) is 1. The number of rotatable bonds is 7. The maximum atomic E-state index is 12.0. The third-order valence-corrected chi connectivity index (χ3v) is 4.75. The van der Waals surface area contributed by atoms with Gasteiger partial charge in [-0.1, -0.05) is 35.9 Å². The van der Waals surface area contributed by atoms with Gasteiger partial charge in [0.2, 0.25) is 5.91 Å². The van der Waals surface area contributed by atoms with Gasteiger partial charge in [0.05, 0.1) is 10.7 Å². The zero-order chi connectivity index (χ0) is 19.1. The summed E-state index contributed by atoms with van der Waals surface area (Å²) in [6, 6.07) is 15.0. The maximum Gasteiger partial charge on any atom is 0.244 e. The first-order chi connectivity index (χ1) is 13.1. The Kier molecular flexibility index (Phi) is 6.63. The van der Waals surface area contributed by atoms with Crippen molar-refractivity contribution in [3.63, 3.8) is 0 Å². The van der Waals surface area contributed by atoms with E-state index in [1.807, 2.05) is 54.8 Å². The molecule has 3 aromatic rings. The van der Waals surface area contributed by atoms with E-state index in [1.165, 1.54) is 6.08 Å². The fraction of sp³-hybridized carbons (Fsp3) is 0.143. The van der Waals surface area contributed by atoms with Crippen LogP contribution < -0.4 is 10.1 Å². The summed E-state index contributed by atoms with van der Waals surface area (Å²) in [4.78, 5) is 16.4. The highest BCUT2D eigenvalue weighted by atomic mass is 35.5. The molecule has 0 aliphatic heterocycles. The second kappa shape index (κ2) is 9.35. The quantitative estimate of drug-likeness (QED) is 0.569. The second-order valence-electron chi connectivity index (χ2n) is 5.90. The van der Waals surface area contributed by atoms with Crippen LogP contribution in [0.25, 0.3) is 6.08 Å². The van der Waals surface area contributed by atoms with Crippen LogP contribution >= 0.6 is 22.9 Å². The van der Waals surface area contributed by atoms with Gasteiger partial charge in [-0.25, -0.2) is 4.98 Å². The van der Waals surface area contributed by atoms with E-state index in [0.29, 0.717) is 18.2 Å². The lowest BCUT2D eigenvalue weighted by molar-refractivity contribution is -0.116. The smallest absolute Gasteiger partial charge is 0.244 e. The zero-order valence-corrected chi connectivity index (χ0v) is 16.4. The van der Waals surface area contributed by atoms with Gasteiger partial charge in [-0.3, -0.25) is 4.79 Å². The summed E-state index contributed by atoms with van der Waals surface area (Å²) in [5.41, 5.74) is 2.76. The third kappa shape index (κ3) is 6.24. The number of carbonyl (C=O) groups excluding carboxylic acids is 1. The third-order valence-electron chi connectivity index (χ3n) is 3.69. The van der Waals surface area contributed by atoms with Gasteiger partial charge in [0.15, 0.2) is 0 Å². The minimum Gasteiger partial charge on any atom is -0.487 e. The van der Waals surface area contributed by atoms with Crippen molar-refractivity contribution in [1.29, 1.82) is 0 Å². The highest BCUT2D eigenvalue weighted by molar-refractivity contribution is 7.09. The Morgan fingerprint density at radius 1 is 1.26 bits per heavy atom. The highest BCUT2D eigenvalue weighted by Gasteiger charge is 2.01. The molecule has 1 N–H and O–H groups in total. The van der Waals surface area contributed by atoms with Crippen molar-refractivity contribution in [3.05, 3.63) is 86.8 Å². The molecule has 0 aliphatic carbocycles. The number of ether oxygens (including phenoxy) is 1. The van der Waals surface area contributed by atoms with Crippen LogP contribution in [0.4, 0.5) is 0 Å². The van der Waals surface area contributed by atoms with Crippen LogP contribution in [0.2, 0.25) is 5.02 Å². The van der Waals surface area contributed by atoms with Crippen molar-refractivity contribution < 1.29 is 9.53 Å². The molecular weight excluding hydrogens is 380 g/mol. The van der Waals surface area contributed by atoms with E-state index in [9.17, 15) is 4.79 Å². The number of nitrogens with one attached hydrogen (secondary N) is 1. The number of thiazole rings is 1. The predicted molar refractivity (Wildman–Crippen MR) is 110 cm³/mol. The predicted octanol–water partition coefficient (Wildman–Crippen LogP) is 5.01. The molecule has 3 rings (SSSR count). The van der Waals surface area contributed by atoms with Gasteiger partial charge < -0.3 is 10.1 Å². The average Bonchev–Trinajstić information content (AvgIpc) is 3.09. The summed E-state index contributed by atoms with van der Waals surface area (Å²) >= 11 is 7.54. The maximum absolute atomic E-state index is 12.0. The normalized spacial score (nSPS) is 10.9. The second-order valence-corrected chi connectivity index (χ2v) is 7.40. The Morgan fingerprint density at radius 2 is 2.11 bits per heavy atom. The standard InChI is InChI=1S/C21H19ClN2O2S/c1-15-24-19(14-27-15)13-26-20-7-3-4-16(11-20)8-9-21(25)23-12-17-5-2-6-18(22)10-17/h2-11,14H,12-13H2,1H3,(H,23,25)/b9-8+.